The fourth-order valence-electron chi connectivity index (χ4n) is 1.97. The molecule has 0 saturated heterocycles. The first kappa shape index (κ1) is 15.0. The second kappa shape index (κ2) is 9.89. The highest BCUT2D eigenvalue weighted by atomic mass is 127. The zero-order valence-corrected chi connectivity index (χ0v) is 12.6. The van der Waals surface area contributed by atoms with Crippen LogP contribution in [0.5, 0.6) is 0 Å². The molecule has 2 heteroatoms. The van der Waals surface area contributed by atoms with E-state index in [0.717, 1.165) is 12.8 Å². The van der Waals surface area contributed by atoms with Gasteiger partial charge in [-0.3, -0.25) is 0 Å². The maximum atomic E-state index is 10.2. The van der Waals surface area contributed by atoms with Gasteiger partial charge in [0.1, 0.15) is 0 Å². The fourth-order valence-corrected chi connectivity index (χ4v) is 2.33. The largest absolute Gasteiger partial charge is 0.237 e. The molecule has 0 aliphatic heterocycles. The molecule has 1 aromatic carbocycles. The summed E-state index contributed by atoms with van der Waals surface area (Å²) in [6.45, 7) is 0.104. The van der Waals surface area contributed by atoms with Crippen LogP contribution in [0.25, 0.3) is 0 Å². The Hall–Kier alpha value is -0.0900. The number of rotatable bonds is 9. The zero-order chi connectivity index (χ0) is 12.3. The van der Waals surface area contributed by atoms with Crippen molar-refractivity contribution >= 4 is 22.6 Å². The molecule has 0 aliphatic carbocycles. The predicted octanol–water partition coefficient (Wildman–Crippen LogP) is 4.99. The quantitative estimate of drug-likeness (QED) is 0.444. The lowest BCUT2D eigenvalue weighted by atomic mass is 10.0. The van der Waals surface area contributed by atoms with Crippen molar-refractivity contribution in [2.45, 2.75) is 51.4 Å². The molecule has 0 bridgehead atoms. The highest BCUT2D eigenvalue weighted by Gasteiger charge is 1.95. The summed E-state index contributed by atoms with van der Waals surface area (Å²) in [6, 6.07) is 8.82. The van der Waals surface area contributed by atoms with E-state index in [1.54, 1.807) is 0 Å². The fraction of sp³-hybridized carbons (Fsp3) is 0.600. The molecule has 95 valence electrons. The summed E-state index contributed by atoms with van der Waals surface area (Å²) in [5.41, 5.74) is 1.46. The maximum absolute atomic E-state index is 10.2. The van der Waals surface area contributed by atoms with E-state index in [9.17, 15) is 5.11 Å². The number of halogens is 1. The van der Waals surface area contributed by atoms with Gasteiger partial charge in [0.25, 0.3) is 0 Å². The normalized spacial score (nSPS) is 10.7. The van der Waals surface area contributed by atoms with E-state index < -0.39 is 0 Å². The van der Waals surface area contributed by atoms with Gasteiger partial charge < -0.3 is 0 Å². The van der Waals surface area contributed by atoms with Gasteiger partial charge in [-0.1, -0.05) is 44.2 Å². The monoisotopic (exact) mass is 345 g/mol. The molecule has 0 spiro atoms. The van der Waals surface area contributed by atoms with Crippen LogP contribution in [0.15, 0.2) is 24.3 Å². The van der Waals surface area contributed by atoms with E-state index in [0.29, 0.717) is 0 Å². The molecule has 1 rings (SSSR count). The Bertz CT molecular complexity index is 281. The molecule has 17 heavy (non-hydrogen) atoms. The SMILES string of the molecule is [O]CCCCCCCCCc1ccc(I)cc1. The zero-order valence-electron chi connectivity index (χ0n) is 10.5. The summed E-state index contributed by atoms with van der Waals surface area (Å²) in [4.78, 5) is 0. The van der Waals surface area contributed by atoms with Gasteiger partial charge in [-0.05, 0) is 59.5 Å². The third kappa shape index (κ3) is 7.77. The minimum absolute atomic E-state index is 0.104. The molecule has 0 atom stereocenters. The predicted molar refractivity (Wildman–Crippen MR) is 80.7 cm³/mol. The third-order valence-corrected chi connectivity index (χ3v) is 3.74. The van der Waals surface area contributed by atoms with Gasteiger partial charge in [-0.25, -0.2) is 5.11 Å². The van der Waals surface area contributed by atoms with Crippen molar-refractivity contribution in [3.05, 3.63) is 33.4 Å². The molecule has 1 radical (unpaired) electrons. The molecule has 0 aliphatic rings. The van der Waals surface area contributed by atoms with Crippen LogP contribution >= 0.6 is 22.6 Å². The molecule has 0 amide bonds. The van der Waals surface area contributed by atoms with Crippen LogP contribution in [0.1, 0.15) is 50.5 Å². The van der Waals surface area contributed by atoms with Crippen LogP contribution < -0.4 is 0 Å². The van der Waals surface area contributed by atoms with Gasteiger partial charge in [0.15, 0.2) is 0 Å². The van der Waals surface area contributed by atoms with Crippen LogP contribution in [0.2, 0.25) is 0 Å². The highest BCUT2D eigenvalue weighted by molar-refractivity contribution is 14.1. The summed E-state index contributed by atoms with van der Waals surface area (Å²) in [5, 5.41) is 10.2. The minimum Gasteiger partial charge on any atom is -0.237 e. The van der Waals surface area contributed by atoms with Crippen molar-refractivity contribution in [3.8, 4) is 0 Å². The Morgan fingerprint density at radius 2 is 1.29 bits per heavy atom. The number of hydrogen-bond acceptors (Lipinski definition) is 0. The van der Waals surface area contributed by atoms with Crippen LogP contribution in [0, 0.1) is 3.57 Å². The van der Waals surface area contributed by atoms with Gasteiger partial charge in [-0.15, -0.1) is 0 Å². The smallest absolute Gasteiger partial charge is 0.0822 e. The number of unbranched alkanes of at least 4 members (excludes halogenated alkanes) is 6. The van der Waals surface area contributed by atoms with Gasteiger partial charge in [0.2, 0.25) is 0 Å². The molecule has 1 aromatic rings. The van der Waals surface area contributed by atoms with E-state index in [4.69, 9.17) is 0 Å². The number of aryl methyl sites for hydroxylation is 1. The molecular formula is C15H22IO. The van der Waals surface area contributed by atoms with Crippen LogP contribution in [-0.4, -0.2) is 6.61 Å². The van der Waals surface area contributed by atoms with E-state index >= 15 is 0 Å². The van der Waals surface area contributed by atoms with Gasteiger partial charge in [0, 0.05) is 3.57 Å². The minimum atomic E-state index is 0.104. The molecular weight excluding hydrogens is 323 g/mol. The summed E-state index contributed by atoms with van der Waals surface area (Å²) in [7, 11) is 0. The Morgan fingerprint density at radius 1 is 0.765 bits per heavy atom. The number of benzene rings is 1. The summed E-state index contributed by atoms with van der Waals surface area (Å²) in [6.07, 6.45) is 9.67. The van der Waals surface area contributed by atoms with Crippen LogP contribution in [-0.2, 0) is 11.5 Å². The molecule has 0 unspecified atom stereocenters. The standard InChI is InChI=1S/C15H22IO/c16-15-11-9-14(10-12-15)8-6-4-2-1-3-5-7-13-17/h9-12H,1-8,13H2. The second-order valence-corrected chi connectivity index (χ2v) is 5.80. The van der Waals surface area contributed by atoms with Crippen molar-refractivity contribution in [2.24, 2.45) is 0 Å². The molecule has 0 heterocycles. The first-order valence-electron chi connectivity index (χ1n) is 6.65. The third-order valence-electron chi connectivity index (χ3n) is 3.02. The van der Waals surface area contributed by atoms with Crippen LogP contribution in [0.4, 0.5) is 0 Å². The molecule has 0 saturated carbocycles. The van der Waals surface area contributed by atoms with Gasteiger partial charge in [0.05, 0.1) is 6.61 Å². The van der Waals surface area contributed by atoms with E-state index in [2.05, 4.69) is 46.9 Å². The Kier molecular flexibility index (Phi) is 8.71. The Labute approximate surface area is 119 Å². The molecule has 0 N–H and O–H groups in total. The average molecular weight is 345 g/mol. The Balaban J connectivity index is 1.95. The summed E-state index contributed by atoms with van der Waals surface area (Å²) < 4.78 is 1.31. The lowest BCUT2D eigenvalue weighted by molar-refractivity contribution is 0.186. The Morgan fingerprint density at radius 3 is 1.88 bits per heavy atom. The molecule has 0 fully saturated rings. The molecule has 1 nitrogen and oxygen atoms in total. The van der Waals surface area contributed by atoms with Crippen molar-refractivity contribution in [1.82, 2.24) is 0 Å². The summed E-state index contributed by atoms with van der Waals surface area (Å²) in [5.74, 6) is 0. The lowest BCUT2D eigenvalue weighted by Gasteiger charge is -2.02. The molecule has 0 aromatic heterocycles. The summed E-state index contributed by atoms with van der Waals surface area (Å²) >= 11 is 2.34. The van der Waals surface area contributed by atoms with Crippen LogP contribution in [0.3, 0.4) is 0 Å². The van der Waals surface area contributed by atoms with Crippen molar-refractivity contribution in [3.63, 3.8) is 0 Å². The van der Waals surface area contributed by atoms with E-state index in [1.165, 1.54) is 47.7 Å². The second-order valence-electron chi connectivity index (χ2n) is 4.56. The lowest BCUT2D eigenvalue weighted by Crippen LogP contribution is -1.87. The first-order valence-corrected chi connectivity index (χ1v) is 7.73. The van der Waals surface area contributed by atoms with E-state index in [1.807, 2.05) is 0 Å². The average Bonchev–Trinajstić information content (AvgIpc) is 2.35. The first-order chi connectivity index (χ1) is 8.33. The number of hydrogen-bond donors (Lipinski definition) is 0. The highest BCUT2D eigenvalue weighted by Crippen LogP contribution is 2.12. The topological polar surface area (TPSA) is 19.9 Å². The van der Waals surface area contributed by atoms with E-state index in [-0.39, 0.29) is 6.61 Å². The van der Waals surface area contributed by atoms with Crippen molar-refractivity contribution in [2.75, 3.05) is 6.61 Å². The van der Waals surface area contributed by atoms with Crippen molar-refractivity contribution in [1.29, 1.82) is 0 Å². The van der Waals surface area contributed by atoms with Gasteiger partial charge in [-0.2, -0.15) is 0 Å². The van der Waals surface area contributed by atoms with Gasteiger partial charge >= 0.3 is 0 Å². The van der Waals surface area contributed by atoms with Crippen molar-refractivity contribution < 1.29 is 5.11 Å². The maximum Gasteiger partial charge on any atom is 0.0822 e.